The monoisotopic (exact) mass is 374 g/mol. The predicted octanol–water partition coefficient (Wildman–Crippen LogP) is 0.127. The first-order valence-corrected chi connectivity index (χ1v) is 8.47. The molecule has 3 rings (SSSR count). The number of nitrogens with zero attached hydrogens (tertiary/aromatic N) is 4. The van der Waals surface area contributed by atoms with Crippen LogP contribution >= 0.6 is 0 Å². The van der Waals surface area contributed by atoms with E-state index in [9.17, 15) is 9.59 Å². The summed E-state index contributed by atoms with van der Waals surface area (Å²) in [5, 5.41) is 9.62. The number of nitrogens with one attached hydrogen (secondary N) is 2. The molecule has 2 aromatic heterocycles. The van der Waals surface area contributed by atoms with Gasteiger partial charge in [-0.25, -0.2) is 4.98 Å². The van der Waals surface area contributed by atoms with Crippen LogP contribution in [0.4, 0.5) is 0 Å². The zero-order valence-electron chi connectivity index (χ0n) is 15.6. The van der Waals surface area contributed by atoms with E-state index in [-0.39, 0.29) is 30.2 Å². The summed E-state index contributed by atoms with van der Waals surface area (Å²) < 4.78 is 10.3. The number of aromatic amines is 1. The molecule has 1 saturated heterocycles. The lowest BCUT2D eigenvalue weighted by Gasteiger charge is -2.17. The molecule has 2 atom stereocenters. The van der Waals surface area contributed by atoms with Crippen LogP contribution in [-0.4, -0.2) is 71.2 Å². The van der Waals surface area contributed by atoms with Gasteiger partial charge in [0.05, 0.1) is 26.1 Å². The lowest BCUT2D eigenvalue weighted by Crippen LogP contribution is -2.34. The van der Waals surface area contributed by atoms with Gasteiger partial charge in [0.1, 0.15) is 11.4 Å². The fourth-order valence-electron chi connectivity index (χ4n) is 3.23. The van der Waals surface area contributed by atoms with Crippen molar-refractivity contribution in [3.05, 3.63) is 29.3 Å². The van der Waals surface area contributed by atoms with Gasteiger partial charge in [-0.1, -0.05) is 0 Å². The van der Waals surface area contributed by atoms with Crippen molar-refractivity contribution in [1.82, 2.24) is 30.4 Å². The van der Waals surface area contributed by atoms with Gasteiger partial charge in [0.25, 0.3) is 5.91 Å². The smallest absolute Gasteiger partial charge is 0.259 e. The Kier molecular flexibility index (Phi) is 5.24. The highest BCUT2D eigenvalue weighted by Crippen LogP contribution is 2.33. The number of hydrogen-bond acceptors (Lipinski definition) is 7. The molecule has 0 bridgehead atoms. The number of aromatic nitrogens is 4. The fraction of sp³-hybridized carbons (Fsp3) is 0.471. The number of carbonyl (C=O) groups excluding carboxylic acids is 2. The van der Waals surface area contributed by atoms with E-state index in [1.165, 1.54) is 14.2 Å². The van der Waals surface area contributed by atoms with Gasteiger partial charge < -0.3 is 19.7 Å². The molecule has 3 heterocycles. The molecule has 0 unspecified atom stereocenters. The van der Waals surface area contributed by atoms with Gasteiger partial charge in [0.2, 0.25) is 17.7 Å². The average molecular weight is 374 g/mol. The number of hydrogen-bond donors (Lipinski definition) is 2. The molecule has 1 aliphatic rings. The van der Waals surface area contributed by atoms with E-state index >= 15 is 0 Å². The molecule has 1 aliphatic heterocycles. The van der Waals surface area contributed by atoms with Crippen LogP contribution in [0.3, 0.4) is 0 Å². The van der Waals surface area contributed by atoms with Crippen LogP contribution in [0.1, 0.15) is 27.9 Å². The zero-order valence-corrected chi connectivity index (χ0v) is 15.6. The summed E-state index contributed by atoms with van der Waals surface area (Å²) in [7, 11) is 4.50. The molecule has 0 saturated carbocycles. The zero-order chi connectivity index (χ0) is 19.6. The van der Waals surface area contributed by atoms with Crippen LogP contribution in [0, 0.1) is 12.8 Å². The highest BCUT2D eigenvalue weighted by Gasteiger charge is 2.42. The van der Waals surface area contributed by atoms with Crippen molar-refractivity contribution in [3.8, 4) is 11.8 Å². The Labute approximate surface area is 156 Å². The molecule has 10 nitrogen and oxygen atoms in total. The Balaban J connectivity index is 1.89. The van der Waals surface area contributed by atoms with E-state index in [0.717, 1.165) is 0 Å². The summed E-state index contributed by atoms with van der Waals surface area (Å²) in [6, 6.07) is 3.20. The standard InChI is InChI=1S/C17H22N6O4/c1-9-19-14(22-21-9)11-7-23(8-12(11)15(24)18-2)17(25)10-5-6-13(26-3)20-16(10)27-4/h5-6,11-12H,7-8H2,1-4H3,(H,18,24)(H,19,21,22)/t11-,12-/m1/s1. The Hall–Kier alpha value is -3.17. The molecule has 27 heavy (non-hydrogen) atoms. The average Bonchev–Trinajstić information content (AvgIpc) is 3.32. The summed E-state index contributed by atoms with van der Waals surface area (Å²) in [5.41, 5.74) is 0.306. The van der Waals surface area contributed by atoms with E-state index in [1.807, 2.05) is 0 Å². The van der Waals surface area contributed by atoms with Crippen molar-refractivity contribution >= 4 is 11.8 Å². The Morgan fingerprint density at radius 2 is 2.00 bits per heavy atom. The summed E-state index contributed by atoms with van der Waals surface area (Å²) in [5.74, 6) is 0.545. The molecule has 144 valence electrons. The van der Waals surface area contributed by atoms with Crippen LogP contribution in [0.2, 0.25) is 0 Å². The number of pyridine rings is 1. The van der Waals surface area contributed by atoms with Crippen LogP contribution in [0.15, 0.2) is 12.1 Å². The molecule has 0 radical (unpaired) electrons. The van der Waals surface area contributed by atoms with Crippen LogP contribution < -0.4 is 14.8 Å². The SMILES string of the molecule is CNC(=O)[C@@H]1CN(C(=O)c2ccc(OC)nc2OC)C[C@H]1c1n[nH]c(C)n1. The Morgan fingerprint density at radius 3 is 2.59 bits per heavy atom. The van der Waals surface area contributed by atoms with Crippen molar-refractivity contribution in [2.75, 3.05) is 34.4 Å². The summed E-state index contributed by atoms with van der Waals surface area (Å²) in [6.07, 6.45) is 0. The number of H-pyrrole nitrogens is 1. The van der Waals surface area contributed by atoms with Gasteiger partial charge in [0, 0.05) is 26.2 Å². The minimum Gasteiger partial charge on any atom is -0.481 e. The molecule has 10 heteroatoms. The van der Waals surface area contributed by atoms with Gasteiger partial charge in [-0.2, -0.15) is 10.1 Å². The van der Waals surface area contributed by atoms with Gasteiger partial charge in [-0.15, -0.1) is 0 Å². The van der Waals surface area contributed by atoms with Crippen LogP contribution in [-0.2, 0) is 4.79 Å². The first kappa shape index (κ1) is 18.6. The maximum Gasteiger partial charge on any atom is 0.259 e. The summed E-state index contributed by atoms with van der Waals surface area (Å²) in [6.45, 7) is 2.37. The van der Waals surface area contributed by atoms with E-state index in [1.54, 1.807) is 31.0 Å². The van der Waals surface area contributed by atoms with Gasteiger partial charge >= 0.3 is 0 Å². The van der Waals surface area contributed by atoms with Crippen LogP contribution in [0.5, 0.6) is 11.8 Å². The maximum atomic E-state index is 13.0. The topological polar surface area (TPSA) is 122 Å². The summed E-state index contributed by atoms with van der Waals surface area (Å²) >= 11 is 0. The first-order chi connectivity index (χ1) is 13.0. The largest absolute Gasteiger partial charge is 0.481 e. The number of aryl methyl sites for hydroxylation is 1. The third-order valence-electron chi connectivity index (χ3n) is 4.60. The lowest BCUT2D eigenvalue weighted by molar-refractivity contribution is -0.124. The normalized spacial score (nSPS) is 19.0. The van der Waals surface area contributed by atoms with Crippen molar-refractivity contribution < 1.29 is 19.1 Å². The van der Waals surface area contributed by atoms with Gasteiger partial charge in [-0.05, 0) is 13.0 Å². The molecular formula is C17H22N6O4. The molecule has 0 aliphatic carbocycles. The lowest BCUT2D eigenvalue weighted by atomic mass is 9.94. The second kappa shape index (κ2) is 7.60. The highest BCUT2D eigenvalue weighted by molar-refractivity contribution is 5.97. The molecule has 0 aromatic carbocycles. The van der Waals surface area contributed by atoms with E-state index in [0.29, 0.717) is 29.6 Å². The number of rotatable bonds is 5. The number of likely N-dealkylation sites (tertiary alicyclic amines) is 1. The van der Waals surface area contributed by atoms with Crippen LogP contribution in [0.25, 0.3) is 0 Å². The second-order valence-electron chi connectivity index (χ2n) is 6.23. The van der Waals surface area contributed by atoms with Gasteiger partial charge in [-0.3, -0.25) is 14.7 Å². The van der Waals surface area contributed by atoms with Gasteiger partial charge in [0.15, 0.2) is 5.82 Å². The molecule has 2 N–H and O–H groups in total. The van der Waals surface area contributed by atoms with Crippen molar-refractivity contribution in [2.45, 2.75) is 12.8 Å². The second-order valence-corrected chi connectivity index (χ2v) is 6.23. The van der Waals surface area contributed by atoms with Crippen molar-refractivity contribution in [3.63, 3.8) is 0 Å². The Bertz CT molecular complexity index is 852. The number of methoxy groups -OCH3 is 2. The molecule has 0 spiro atoms. The molecular weight excluding hydrogens is 352 g/mol. The number of carbonyl (C=O) groups is 2. The summed E-state index contributed by atoms with van der Waals surface area (Å²) in [4.78, 5) is 35.5. The van der Waals surface area contributed by atoms with E-state index in [4.69, 9.17) is 9.47 Å². The number of amides is 2. The third kappa shape index (κ3) is 3.55. The first-order valence-electron chi connectivity index (χ1n) is 8.47. The molecule has 2 aromatic rings. The Morgan fingerprint density at radius 1 is 1.22 bits per heavy atom. The quantitative estimate of drug-likeness (QED) is 0.762. The minimum absolute atomic E-state index is 0.155. The predicted molar refractivity (Wildman–Crippen MR) is 94.7 cm³/mol. The highest BCUT2D eigenvalue weighted by atomic mass is 16.5. The van der Waals surface area contributed by atoms with E-state index in [2.05, 4.69) is 25.5 Å². The minimum atomic E-state index is -0.439. The molecule has 1 fully saturated rings. The molecule has 2 amide bonds. The third-order valence-corrected chi connectivity index (χ3v) is 4.60. The van der Waals surface area contributed by atoms with Crippen molar-refractivity contribution in [2.24, 2.45) is 5.92 Å². The maximum absolute atomic E-state index is 13.0. The van der Waals surface area contributed by atoms with E-state index < -0.39 is 5.92 Å². The number of ether oxygens (including phenoxy) is 2. The van der Waals surface area contributed by atoms with Crippen molar-refractivity contribution in [1.29, 1.82) is 0 Å². The fourth-order valence-corrected chi connectivity index (χ4v) is 3.23.